The zero-order valence-electron chi connectivity index (χ0n) is 12.2. The van der Waals surface area contributed by atoms with Crippen LogP contribution in [0.2, 0.25) is 0 Å². The van der Waals surface area contributed by atoms with Crippen LogP contribution in [-0.2, 0) is 20.2 Å². The molecule has 1 N–H and O–H groups in total. The van der Waals surface area contributed by atoms with Crippen molar-refractivity contribution in [3.05, 3.63) is 24.3 Å². The molecule has 0 amide bonds. The van der Waals surface area contributed by atoms with E-state index in [1.165, 1.54) is 12.1 Å². The van der Waals surface area contributed by atoms with E-state index >= 15 is 0 Å². The van der Waals surface area contributed by atoms with Crippen LogP contribution in [0.5, 0.6) is 0 Å². The maximum atomic E-state index is 12.9. The van der Waals surface area contributed by atoms with Crippen LogP contribution < -0.4 is 4.72 Å². The van der Waals surface area contributed by atoms with E-state index in [4.69, 9.17) is 0 Å². The Labute approximate surface area is 125 Å². The monoisotopic (exact) mass is 337 g/mol. The average Bonchev–Trinajstić information content (AvgIpc) is 2.38. The van der Waals surface area contributed by atoms with Gasteiger partial charge in [-0.2, -0.15) is 8.42 Å². The highest BCUT2D eigenvalue weighted by atomic mass is 32.3. The summed E-state index contributed by atoms with van der Waals surface area (Å²) in [7, 11) is -8.82. The second-order valence-corrected chi connectivity index (χ2v) is 7.96. The largest absolute Gasteiger partial charge is 0.332 e. The van der Waals surface area contributed by atoms with Gasteiger partial charge in [0.1, 0.15) is 0 Å². The van der Waals surface area contributed by atoms with Gasteiger partial charge in [0.25, 0.3) is 0 Å². The summed E-state index contributed by atoms with van der Waals surface area (Å²) in [6.45, 7) is 5.69. The Hall–Kier alpha value is -0.990. The minimum absolute atomic E-state index is 0.174. The molecule has 0 bridgehead atoms. The van der Waals surface area contributed by atoms with Gasteiger partial charge in [-0.1, -0.05) is 32.8 Å². The van der Waals surface area contributed by atoms with Crippen molar-refractivity contribution in [2.45, 2.75) is 49.4 Å². The molecular weight excluding hydrogens is 317 g/mol. The molecule has 0 fully saturated rings. The first-order chi connectivity index (χ1) is 9.61. The third-order valence-corrected chi connectivity index (χ3v) is 5.87. The standard InChI is InChI=1S/C13H20FNO4S2/c1-4-11(5-2)10(3)15-21(18,19)13-8-6-7-12(9-13)20(14,16)17/h6-11,15H,4-5H2,1-3H3. The van der Waals surface area contributed by atoms with Crippen LogP contribution in [0.1, 0.15) is 33.6 Å². The molecule has 0 saturated carbocycles. The molecule has 0 aliphatic heterocycles. The van der Waals surface area contributed by atoms with Gasteiger partial charge in [0.15, 0.2) is 0 Å². The average molecular weight is 337 g/mol. The molecule has 0 radical (unpaired) electrons. The molecule has 0 aliphatic carbocycles. The van der Waals surface area contributed by atoms with E-state index in [0.717, 1.165) is 25.0 Å². The van der Waals surface area contributed by atoms with Gasteiger partial charge in [0.2, 0.25) is 10.0 Å². The predicted octanol–water partition coefficient (Wildman–Crippen LogP) is 2.45. The Bertz CT molecular complexity index is 682. The first-order valence-electron chi connectivity index (χ1n) is 6.68. The molecule has 0 saturated heterocycles. The summed E-state index contributed by atoms with van der Waals surface area (Å²) in [4.78, 5) is -0.931. The molecular formula is C13H20FNO4S2. The van der Waals surface area contributed by atoms with Gasteiger partial charge in [-0.25, -0.2) is 13.1 Å². The van der Waals surface area contributed by atoms with Gasteiger partial charge in [-0.15, -0.1) is 3.89 Å². The van der Waals surface area contributed by atoms with Crippen LogP contribution in [0.4, 0.5) is 3.89 Å². The van der Waals surface area contributed by atoms with E-state index in [9.17, 15) is 20.7 Å². The van der Waals surface area contributed by atoms with E-state index in [-0.39, 0.29) is 16.9 Å². The lowest BCUT2D eigenvalue weighted by Crippen LogP contribution is -2.37. The SMILES string of the molecule is CCC(CC)C(C)NS(=O)(=O)c1cccc(S(=O)(=O)F)c1. The van der Waals surface area contributed by atoms with Gasteiger partial charge < -0.3 is 0 Å². The molecule has 1 unspecified atom stereocenters. The Morgan fingerprint density at radius 3 is 2.10 bits per heavy atom. The molecule has 1 atom stereocenters. The van der Waals surface area contributed by atoms with E-state index in [2.05, 4.69) is 4.72 Å². The highest BCUT2D eigenvalue weighted by molar-refractivity contribution is 7.89. The Morgan fingerprint density at radius 2 is 1.62 bits per heavy atom. The van der Waals surface area contributed by atoms with Crippen molar-refractivity contribution >= 4 is 20.2 Å². The van der Waals surface area contributed by atoms with Crippen molar-refractivity contribution in [3.63, 3.8) is 0 Å². The van der Waals surface area contributed by atoms with Gasteiger partial charge in [-0.3, -0.25) is 0 Å². The summed E-state index contributed by atoms with van der Waals surface area (Å²) >= 11 is 0. The number of benzene rings is 1. The van der Waals surface area contributed by atoms with Crippen molar-refractivity contribution in [1.82, 2.24) is 4.72 Å². The second-order valence-electron chi connectivity index (χ2n) is 4.90. The van der Waals surface area contributed by atoms with E-state index < -0.39 is 25.1 Å². The van der Waals surface area contributed by atoms with E-state index in [1.807, 2.05) is 13.8 Å². The zero-order valence-corrected chi connectivity index (χ0v) is 13.8. The summed E-state index contributed by atoms with van der Waals surface area (Å²) in [5.74, 6) is 0.174. The van der Waals surface area contributed by atoms with Gasteiger partial charge >= 0.3 is 10.2 Å². The Morgan fingerprint density at radius 1 is 1.10 bits per heavy atom. The highest BCUT2D eigenvalue weighted by Crippen LogP contribution is 2.19. The number of halogens is 1. The van der Waals surface area contributed by atoms with Crippen LogP contribution >= 0.6 is 0 Å². The number of nitrogens with one attached hydrogen (secondary N) is 1. The lowest BCUT2D eigenvalue weighted by Gasteiger charge is -2.22. The van der Waals surface area contributed by atoms with Crippen molar-refractivity contribution in [1.29, 1.82) is 0 Å². The fourth-order valence-electron chi connectivity index (χ4n) is 2.20. The fraction of sp³-hybridized carbons (Fsp3) is 0.538. The molecule has 5 nitrogen and oxygen atoms in total. The minimum atomic E-state index is -4.93. The van der Waals surface area contributed by atoms with Gasteiger partial charge in [0, 0.05) is 6.04 Å². The van der Waals surface area contributed by atoms with Gasteiger partial charge in [-0.05, 0) is 31.0 Å². The summed E-state index contributed by atoms with van der Waals surface area (Å²) in [6, 6.07) is 3.96. The second kappa shape index (κ2) is 6.85. The molecule has 0 aliphatic rings. The molecule has 120 valence electrons. The van der Waals surface area contributed by atoms with Crippen LogP contribution in [-0.4, -0.2) is 22.9 Å². The first-order valence-corrected chi connectivity index (χ1v) is 9.55. The van der Waals surface area contributed by atoms with Crippen LogP contribution in [0.3, 0.4) is 0 Å². The van der Waals surface area contributed by atoms with Crippen LogP contribution in [0, 0.1) is 5.92 Å². The summed E-state index contributed by atoms with van der Waals surface area (Å²) < 4.78 is 61.6. The van der Waals surface area contributed by atoms with E-state index in [0.29, 0.717) is 0 Å². The minimum Gasteiger partial charge on any atom is -0.208 e. The number of hydrogen-bond donors (Lipinski definition) is 1. The number of rotatable bonds is 7. The molecule has 0 aromatic heterocycles. The van der Waals surface area contributed by atoms with Crippen molar-refractivity contribution in [2.24, 2.45) is 5.92 Å². The highest BCUT2D eigenvalue weighted by Gasteiger charge is 2.23. The molecule has 1 rings (SSSR count). The lowest BCUT2D eigenvalue weighted by atomic mass is 9.96. The van der Waals surface area contributed by atoms with Gasteiger partial charge in [0.05, 0.1) is 9.79 Å². The quantitative estimate of drug-likeness (QED) is 0.775. The molecule has 8 heteroatoms. The van der Waals surface area contributed by atoms with Crippen molar-refractivity contribution in [2.75, 3.05) is 0 Å². The lowest BCUT2D eigenvalue weighted by molar-refractivity contribution is 0.390. The normalized spacial score (nSPS) is 14.3. The molecule has 21 heavy (non-hydrogen) atoms. The maximum absolute atomic E-state index is 12.9. The van der Waals surface area contributed by atoms with Crippen molar-refractivity contribution < 1.29 is 20.7 Å². The fourth-order valence-corrected chi connectivity index (χ4v) is 4.14. The topological polar surface area (TPSA) is 80.3 Å². The predicted molar refractivity (Wildman–Crippen MR) is 78.6 cm³/mol. The van der Waals surface area contributed by atoms with Crippen LogP contribution in [0.15, 0.2) is 34.1 Å². The Balaban J connectivity index is 3.09. The summed E-state index contributed by atoms with van der Waals surface area (Å²) in [5, 5.41) is 0. The third kappa shape index (κ3) is 4.76. The van der Waals surface area contributed by atoms with Crippen LogP contribution in [0.25, 0.3) is 0 Å². The molecule has 1 aromatic rings. The van der Waals surface area contributed by atoms with E-state index in [1.54, 1.807) is 6.92 Å². The third-order valence-electron chi connectivity index (χ3n) is 3.49. The number of sulfonamides is 1. The summed E-state index contributed by atoms with van der Waals surface area (Å²) in [5.41, 5.74) is 0. The molecule has 1 aromatic carbocycles. The summed E-state index contributed by atoms with van der Waals surface area (Å²) in [6.07, 6.45) is 1.64. The first kappa shape index (κ1) is 18.1. The Kier molecular flexibility index (Phi) is 5.89. The molecule has 0 spiro atoms. The van der Waals surface area contributed by atoms with Crippen molar-refractivity contribution in [3.8, 4) is 0 Å². The zero-order chi connectivity index (χ0) is 16.3. The number of hydrogen-bond acceptors (Lipinski definition) is 4. The smallest absolute Gasteiger partial charge is 0.208 e. The molecule has 0 heterocycles. The maximum Gasteiger partial charge on any atom is 0.332 e.